The van der Waals surface area contributed by atoms with Crippen LogP contribution in [0, 0.1) is 0 Å². The number of aryl methyl sites for hydroxylation is 1. The number of benzene rings is 1. The minimum absolute atomic E-state index is 0.00184. The van der Waals surface area contributed by atoms with Crippen LogP contribution < -0.4 is 5.32 Å². The average molecular weight is 318 g/mol. The van der Waals surface area contributed by atoms with Crippen molar-refractivity contribution in [1.82, 2.24) is 10.2 Å². The van der Waals surface area contributed by atoms with E-state index in [1.54, 1.807) is 0 Å². The number of rotatable bonds is 6. The Balaban J connectivity index is 1.82. The van der Waals surface area contributed by atoms with Crippen molar-refractivity contribution in [3.63, 3.8) is 0 Å². The van der Waals surface area contributed by atoms with Crippen LogP contribution in [0.3, 0.4) is 0 Å². The summed E-state index contributed by atoms with van der Waals surface area (Å²) in [4.78, 5) is 14.6. The standard InChI is InChI=1S/C19H30N2O2/c1-19(2,23)12-11-15-7-9-16(10-8-15)18(22)20-14-17-6-4-5-13-21(17)3/h7-10,17,23H,4-6,11-14H2,1-3H3,(H,20,22). The third kappa shape index (κ3) is 5.96. The quantitative estimate of drug-likeness (QED) is 0.848. The van der Waals surface area contributed by atoms with Crippen molar-refractivity contribution in [2.75, 3.05) is 20.1 Å². The van der Waals surface area contributed by atoms with Crippen LogP contribution in [0.1, 0.15) is 55.5 Å². The van der Waals surface area contributed by atoms with E-state index in [1.165, 1.54) is 12.8 Å². The molecule has 1 aromatic carbocycles. The molecule has 1 aromatic rings. The fourth-order valence-electron chi connectivity index (χ4n) is 2.99. The highest BCUT2D eigenvalue weighted by Gasteiger charge is 2.19. The number of hydrogen-bond acceptors (Lipinski definition) is 3. The van der Waals surface area contributed by atoms with Crippen LogP contribution in [0.4, 0.5) is 0 Å². The monoisotopic (exact) mass is 318 g/mol. The third-order valence-electron chi connectivity index (χ3n) is 4.66. The van der Waals surface area contributed by atoms with Gasteiger partial charge in [0.2, 0.25) is 0 Å². The van der Waals surface area contributed by atoms with E-state index in [0.29, 0.717) is 18.0 Å². The molecule has 1 aliphatic rings. The summed E-state index contributed by atoms with van der Waals surface area (Å²) in [5.74, 6) is -0.00184. The molecular formula is C19H30N2O2. The average Bonchev–Trinajstić information content (AvgIpc) is 2.52. The molecule has 128 valence electrons. The van der Waals surface area contributed by atoms with Crippen LogP contribution in [0.2, 0.25) is 0 Å². The number of likely N-dealkylation sites (tertiary alicyclic amines) is 1. The predicted molar refractivity (Wildman–Crippen MR) is 93.7 cm³/mol. The molecule has 0 aromatic heterocycles. The lowest BCUT2D eigenvalue weighted by Gasteiger charge is -2.32. The van der Waals surface area contributed by atoms with Gasteiger partial charge >= 0.3 is 0 Å². The molecule has 1 aliphatic heterocycles. The Morgan fingerprint density at radius 1 is 1.30 bits per heavy atom. The molecule has 4 nitrogen and oxygen atoms in total. The molecule has 0 saturated carbocycles. The number of likely N-dealkylation sites (N-methyl/N-ethyl adjacent to an activating group) is 1. The zero-order valence-corrected chi connectivity index (χ0v) is 14.6. The smallest absolute Gasteiger partial charge is 0.251 e. The molecule has 2 rings (SSSR count). The molecule has 1 saturated heterocycles. The summed E-state index contributed by atoms with van der Waals surface area (Å²) in [6, 6.07) is 8.17. The Labute approximate surface area is 139 Å². The van der Waals surface area contributed by atoms with Crippen molar-refractivity contribution in [1.29, 1.82) is 0 Å². The summed E-state index contributed by atoms with van der Waals surface area (Å²) < 4.78 is 0. The molecule has 0 spiro atoms. The molecule has 1 amide bonds. The molecule has 2 N–H and O–H groups in total. The second kappa shape index (κ2) is 7.93. The van der Waals surface area contributed by atoms with Crippen LogP contribution in [0.25, 0.3) is 0 Å². The zero-order valence-electron chi connectivity index (χ0n) is 14.6. The van der Waals surface area contributed by atoms with Crippen molar-refractivity contribution in [3.8, 4) is 0 Å². The van der Waals surface area contributed by atoms with E-state index in [0.717, 1.165) is 31.5 Å². The lowest BCUT2D eigenvalue weighted by atomic mass is 9.98. The van der Waals surface area contributed by atoms with Crippen molar-refractivity contribution >= 4 is 5.91 Å². The number of carbonyl (C=O) groups is 1. The number of hydrogen-bond donors (Lipinski definition) is 2. The Morgan fingerprint density at radius 3 is 2.61 bits per heavy atom. The molecule has 0 bridgehead atoms. The van der Waals surface area contributed by atoms with E-state index in [2.05, 4.69) is 17.3 Å². The lowest BCUT2D eigenvalue weighted by Crippen LogP contribution is -2.44. The molecule has 4 heteroatoms. The van der Waals surface area contributed by atoms with Gasteiger partial charge in [-0.1, -0.05) is 18.6 Å². The second-order valence-corrected chi connectivity index (χ2v) is 7.35. The SMILES string of the molecule is CN1CCCCC1CNC(=O)c1ccc(CCC(C)(C)O)cc1. The van der Waals surface area contributed by atoms with E-state index >= 15 is 0 Å². The Bertz CT molecular complexity index is 505. The van der Waals surface area contributed by atoms with Gasteiger partial charge in [-0.3, -0.25) is 4.79 Å². The molecule has 1 heterocycles. The second-order valence-electron chi connectivity index (χ2n) is 7.35. The summed E-state index contributed by atoms with van der Waals surface area (Å²) in [5, 5.41) is 12.8. The van der Waals surface area contributed by atoms with Crippen molar-refractivity contribution in [2.45, 2.75) is 57.6 Å². The molecule has 1 fully saturated rings. The van der Waals surface area contributed by atoms with Gasteiger partial charge in [0, 0.05) is 18.2 Å². The molecule has 0 aliphatic carbocycles. The van der Waals surface area contributed by atoms with Gasteiger partial charge in [-0.2, -0.15) is 0 Å². The largest absolute Gasteiger partial charge is 0.390 e. The Kier molecular flexibility index (Phi) is 6.19. The third-order valence-corrected chi connectivity index (χ3v) is 4.66. The number of nitrogens with one attached hydrogen (secondary N) is 1. The highest BCUT2D eigenvalue weighted by Crippen LogP contribution is 2.15. The Hall–Kier alpha value is -1.39. The number of amides is 1. The summed E-state index contributed by atoms with van der Waals surface area (Å²) in [6.07, 6.45) is 5.20. The van der Waals surface area contributed by atoms with E-state index in [1.807, 2.05) is 38.1 Å². The van der Waals surface area contributed by atoms with Crippen LogP contribution in [0.5, 0.6) is 0 Å². The van der Waals surface area contributed by atoms with E-state index < -0.39 is 5.60 Å². The summed E-state index contributed by atoms with van der Waals surface area (Å²) >= 11 is 0. The number of piperidine rings is 1. The van der Waals surface area contributed by atoms with Crippen LogP contribution in [0.15, 0.2) is 24.3 Å². The highest BCUT2D eigenvalue weighted by atomic mass is 16.3. The minimum atomic E-state index is -0.651. The van der Waals surface area contributed by atoms with Gasteiger partial charge in [0.05, 0.1) is 5.60 Å². The first-order valence-corrected chi connectivity index (χ1v) is 8.65. The van der Waals surface area contributed by atoms with Crippen molar-refractivity contribution in [3.05, 3.63) is 35.4 Å². The van der Waals surface area contributed by atoms with E-state index in [4.69, 9.17) is 0 Å². The summed E-state index contributed by atoms with van der Waals surface area (Å²) in [5.41, 5.74) is 1.20. The summed E-state index contributed by atoms with van der Waals surface area (Å²) in [6.45, 7) is 5.47. The Morgan fingerprint density at radius 2 is 2.00 bits per heavy atom. The van der Waals surface area contributed by atoms with Gasteiger partial charge in [-0.05, 0) is 70.8 Å². The fourth-order valence-corrected chi connectivity index (χ4v) is 2.99. The van der Waals surface area contributed by atoms with Crippen LogP contribution in [-0.2, 0) is 6.42 Å². The van der Waals surface area contributed by atoms with E-state index in [-0.39, 0.29) is 5.91 Å². The van der Waals surface area contributed by atoms with Gasteiger partial charge in [0.1, 0.15) is 0 Å². The van der Waals surface area contributed by atoms with Gasteiger partial charge in [0.25, 0.3) is 5.91 Å². The highest BCUT2D eigenvalue weighted by molar-refractivity contribution is 5.94. The van der Waals surface area contributed by atoms with Crippen molar-refractivity contribution in [2.24, 2.45) is 0 Å². The topological polar surface area (TPSA) is 52.6 Å². The molecule has 1 unspecified atom stereocenters. The maximum absolute atomic E-state index is 12.3. The number of nitrogens with zero attached hydrogens (tertiary/aromatic N) is 1. The first kappa shape index (κ1) is 18.0. The fraction of sp³-hybridized carbons (Fsp3) is 0.632. The zero-order chi connectivity index (χ0) is 16.9. The number of aliphatic hydroxyl groups is 1. The molecule has 23 heavy (non-hydrogen) atoms. The number of carbonyl (C=O) groups excluding carboxylic acids is 1. The maximum Gasteiger partial charge on any atom is 0.251 e. The first-order chi connectivity index (χ1) is 10.8. The minimum Gasteiger partial charge on any atom is -0.390 e. The lowest BCUT2D eigenvalue weighted by molar-refractivity contribution is 0.0713. The van der Waals surface area contributed by atoms with Crippen LogP contribution >= 0.6 is 0 Å². The van der Waals surface area contributed by atoms with Gasteiger partial charge < -0.3 is 15.3 Å². The normalized spacial score (nSPS) is 19.6. The van der Waals surface area contributed by atoms with Crippen molar-refractivity contribution < 1.29 is 9.90 Å². The maximum atomic E-state index is 12.3. The van der Waals surface area contributed by atoms with Gasteiger partial charge in [0.15, 0.2) is 0 Å². The summed E-state index contributed by atoms with van der Waals surface area (Å²) in [7, 11) is 2.13. The van der Waals surface area contributed by atoms with Crippen LogP contribution in [-0.4, -0.2) is 47.7 Å². The first-order valence-electron chi connectivity index (χ1n) is 8.65. The predicted octanol–water partition coefficient (Wildman–Crippen LogP) is 2.60. The molecule has 1 atom stereocenters. The van der Waals surface area contributed by atoms with Gasteiger partial charge in [-0.15, -0.1) is 0 Å². The molecule has 0 radical (unpaired) electrons. The molecular weight excluding hydrogens is 288 g/mol. The van der Waals surface area contributed by atoms with E-state index in [9.17, 15) is 9.90 Å². The van der Waals surface area contributed by atoms with Gasteiger partial charge in [-0.25, -0.2) is 0 Å².